The van der Waals surface area contributed by atoms with Crippen molar-refractivity contribution in [3.05, 3.63) is 0 Å². The van der Waals surface area contributed by atoms with E-state index in [0.29, 0.717) is 12.0 Å². The highest BCUT2D eigenvalue weighted by atomic mass is 16.2. The summed E-state index contributed by atoms with van der Waals surface area (Å²) in [6.07, 6.45) is 6.86. The lowest BCUT2D eigenvalue weighted by atomic mass is 9.96. The molecule has 0 radical (unpaired) electrons. The highest BCUT2D eigenvalue weighted by Crippen LogP contribution is 2.32. The normalized spacial score (nSPS) is 18.3. The van der Waals surface area contributed by atoms with Gasteiger partial charge in [0.25, 0.3) is 0 Å². The molecule has 0 aromatic heterocycles. The predicted octanol–water partition coefficient (Wildman–Crippen LogP) is 1.32. The molecule has 4 nitrogen and oxygen atoms in total. The van der Waals surface area contributed by atoms with Crippen LogP contribution in [0, 0.1) is 0 Å². The first-order valence-electron chi connectivity index (χ1n) is 7.06. The van der Waals surface area contributed by atoms with Gasteiger partial charge >= 0.3 is 0 Å². The molecule has 4 heteroatoms. The zero-order chi connectivity index (χ0) is 13.6. The number of hydrogen-bond acceptors (Lipinski definition) is 3. The van der Waals surface area contributed by atoms with Crippen molar-refractivity contribution in [2.45, 2.75) is 44.1 Å². The highest BCUT2D eigenvalue weighted by Gasteiger charge is 2.35. The first-order chi connectivity index (χ1) is 8.48. The third kappa shape index (κ3) is 4.25. The Kier molecular flexibility index (Phi) is 6.09. The second-order valence-electron chi connectivity index (χ2n) is 5.89. The maximum Gasteiger partial charge on any atom is 0.222 e. The van der Waals surface area contributed by atoms with Gasteiger partial charge in [0.2, 0.25) is 5.91 Å². The summed E-state index contributed by atoms with van der Waals surface area (Å²) >= 11 is 0. The number of amides is 1. The largest absolute Gasteiger partial charge is 0.349 e. The Hall–Kier alpha value is -0.610. The quantitative estimate of drug-likeness (QED) is 0.697. The van der Waals surface area contributed by atoms with Crippen LogP contribution in [0.1, 0.15) is 38.5 Å². The fourth-order valence-corrected chi connectivity index (χ4v) is 2.72. The minimum absolute atomic E-state index is 0.222. The summed E-state index contributed by atoms with van der Waals surface area (Å²) in [5.41, 5.74) is 0.353. The standard InChI is InChI=1S/C14H29N3O/c1-16(2)13(18)8-7-11-15-12-14(17(3)4)9-5-6-10-14/h15H,5-12H2,1-4H3. The van der Waals surface area contributed by atoms with E-state index in [4.69, 9.17) is 0 Å². The van der Waals surface area contributed by atoms with Crippen molar-refractivity contribution in [1.29, 1.82) is 0 Å². The zero-order valence-corrected chi connectivity index (χ0v) is 12.5. The van der Waals surface area contributed by atoms with E-state index in [1.165, 1.54) is 25.7 Å². The summed E-state index contributed by atoms with van der Waals surface area (Å²) in [4.78, 5) is 15.5. The number of carbonyl (C=O) groups excluding carboxylic acids is 1. The minimum Gasteiger partial charge on any atom is -0.349 e. The number of rotatable bonds is 7. The molecular weight excluding hydrogens is 226 g/mol. The van der Waals surface area contributed by atoms with Crippen molar-refractivity contribution in [2.24, 2.45) is 0 Å². The molecule has 0 aliphatic heterocycles. The van der Waals surface area contributed by atoms with E-state index in [-0.39, 0.29) is 5.91 Å². The van der Waals surface area contributed by atoms with E-state index in [9.17, 15) is 4.79 Å². The van der Waals surface area contributed by atoms with Gasteiger partial charge in [-0.1, -0.05) is 12.8 Å². The van der Waals surface area contributed by atoms with Crippen LogP contribution in [0.15, 0.2) is 0 Å². The number of likely N-dealkylation sites (N-methyl/N-ethyl adjacent to an activating group) is 1. The molecule has 18 heavy (non-hydrogen) atoms. The van der Waals surface area contributed by atoms with E-state index in [0.717, 1.165) is 19.5 Å². The summed E-state index contributed by atoms with van der Waals surface area (Å²) in [5.74, 6) is 0.222. The minimum atomic E-state index is 0.222. The van der Waals surface area contributed by atoms with E-state index in [1.807, 2.05) is 14.1 Å². The van der Waals surface area contributed by atoms with Crippen LogP contribution in [-0.2, 0) is 4.79 Å². The average Bonchev–Trinajstić information content (AvgIpc) is 2.78. The molecule has 1 amide bonds. The number of carbonyl (C=O) groups is 1. The predicted molar refractivity (Wildman–Crippen MR) is 75.7 cm³/mol. The Bertz CT molecular complexity index is 258. The van der Waals surface area contributed by atoms with Crippen molar-refractivity contribution in [2.75, 3.05) is 41.3 Å². The van der Waals surface area contributed by atoms with Crippen LogP contribution in [0.3, 0.4) is 0 Å². The zero-order valence-electron chi connectivity index (χ0n) is 12.5. The van der Waals surface area contributed by atoms with E-state index in [2.05, 4.69) is 24.3 Å². The molecule has 0 atom stereocenters. The van der Waals surface area contributed by atoms with Gasteiger partial charge in [-0.05, 0) is 39.9 Å². The molecule has 0 bridgehead atoms. The summed E-state index contributed by atoms with van der Waals surface area (Å²) in [6, 6.07) is 0. The van der Waals surface area contributed by atoms with Crippen LogP contribution in [0.4, 0.5) is 0 Å². The molecule has 1 fully saturated rings. The first-order valence-corrected chi connectivity index (χ1v) is 7.06. The molecule has 1 N–H and O–H groups in total. The third-order valence-electron chi connectivity index (χ3n) is 4.18. The second kappa shape index (κ2) is 7.10. The molecule has 0 aromatic rings. The molecule has 106 valence electrons. The van der Waals surface area contributed by atoms with Crippen molar-refractivity contribution >= 4 is 5.91 Å². The van der Waals surface area contributed by atoms with E-state index in [1.54, 1.807) is 4.90 Å². The van der Waals surface area contributed by atoms with Crippen molar-refractivity contribution < 1.29 is 4.79 Å². The fourth-order valence-electron chi connectivity index (χ4n) is 2.72. The lowest BCUT2D eigenvalue weighted by Gasteiger charge is -2.36. The van der Waals surface area contributed by atoms with Crippen molar-refractivity contribution in [3.63, 3.8) is 0 Å². The van der Waals surface area contributed by atoms with Crippen LogP contribution in [0.25, 0.3) is 0 Å². The molecule has 1 aliphatic rings. The van der Waals surface area contributed by atoms with Crippen LogP contribution in [0.5, 0.6) is 0 Å². The molecule has 1 aliphatic carbocycles. The molecule has 0 unspecified atom stereocenters. The SMILES string of the molecule is CN(C)C(=O)CCCNCC1(N(C)C)CCCC1. The van der Waals surface area contributed by atoms with E-state index < -0.39 is 0 Å². The van der Waals surface area contributed by atoms with Crippen LogP contribution >= 0.6 is 0 Å². The maximum atomic E-state index is 11.4. The maximum absolute atomic E-state index is 11.4. The lowest BCUT2D eigenvalue weighted by molar-refractivity contribution is -0.128. The van der Waals surface area contributed by atoms with Gasteiger partial charge in [-0.3, -0.25) is 4.79 Å². The van der Waals surface area contributed by atoms with Crippen LogP contribution in [0.2, 0.25) is 0 Å². The lowest BCUT2D eigenvalue weighted by Crippen LogP contribution is -2.49. The Morgan fingerprint density at radius 1 is 1.17 bits per heavy atom. The van der Waals surface area contributed by atoms with Gasteiger partial charge in [0, 0.05) is 32.6 Å². The third-order valence-corrected chi connectivity index (χ3v) is 4.18. The summed E-state index contributed by atoms with van der Waals surface area (Å²) in [6.45, 7) is 1.99. The average molecular weight is 255 g/mol. The molecular formula is C14H29N3O. The number of nitrogens with one attached hydrogen (secondary N) is 1. The van der Waals surface area contributed by atoms with Gasteiger partial charge in [-0.25, -0.2) is 0 Å². The molecule has 1 rings (SSSR count). The molecule has 0 spiro atoms. The van der Waals surface area contributed by atoms with Crippen LogP contribution < -0.4 is 5.32 Å². The van der Waals surface area contributed by atoms with Crippen LogP contribution in [-0.4, -0.2) is 62.5 Å². The second-order valence-corrected chi connectivity index (χ2v) is 5.89. The van der Waals surface area contributed by atoms with E-state index >= 15 is 0 Å². The summed E-state index contributed by atoms with van der Waals surface area (Å²) in [5, 5.41) is 3.53. The topological polar surface area (TPSA) is 35.6 Å². The molecule has 1 saturated carbocycles. The summed E-state index contributed by atoms with van der Waals surface area (Å²) < 4.78 is 0. The smallest absolute Gasteiger partial charge is 0.222 e. The van der Waals surface area contributed by atoms with Gasteiger partial charge in [0.05, 0.1) is 0 Å². The monoisotopic (exact) mass is 255 g/mol. The van der Waals surface area contributed by atoms with Gasteiger partial charge in [-0.15, -0.1) is 0 Å². The Labute approximate surface area is 112 Å². The molecule has 0 aromatic carbocycles. The number of hydrogen-bond donors (Lipinski definition) is 1. The van der Waals surface area contributed by atoms with Gasteiger partial charge < -0.3 is 15.1 Å². The Morgan fingerprint density at radius 3 is 2.28 bits per heavy atom. The number of nitrogens with zero attached hydrogens (tertiary/aromatic N) is 2. The van der Waals surface area contributed by atoms with Crippen molar-refractivity contribution in [1.82, 2.24) is 15.1 Å². The van der Waals surface area contributed by atoms with Gasteiger partial charge in [-0.2, -0.15) is 0 Å². The highest BCUT2D eigenvalue weighted by molar-refractivity contribution is 5.75. The fraction of sp³-hybridized carbons (Fsp3) is 0.929. The summed E-state index contributed by atoms with van der Waals surface area (Å²) in [7, 11) is 8.00. The van der Waals surface area contributed by atoms with Crippen molar-refractivity contribution in [3.8, 4) is 0 Å². The Morgan fingerprint density at radius 2 is 1.78 bits per heavy atom. The molecule has 0 heterocycles. The first kappa shape index (κ1) is 15.4. The van der Waals surface area contributed by atoms with Gasteiger partial charge in [0.1, 0.15) is 0 Å². The van der Waals surface area contributed by atoms with Gasteiger partial charge in [0.15, 0.2) is 0 Å². The molecule has 0 saturated heterocycles. The Balaban J connectivity index is 2.18.